The molecule has 0 spiro atoms. The molecule has 0 saturated carbocycles. The molecule has 1 rings (SSSR count). The fraction of sp³-hybridized carbons (Fsp3) is 0.500. The van der Waals surface area contributed by atoms with E-state index in [1.54, 1.807) is 7.11 Å². The molecule has 0 bridgehead atoms. The molecule has 0 N–H and O–H groups in total. The van der Waals surface area contributed by atoms with Gasteiger partial charge in [0.1, 0.15) is 12.1 Å². The summed E-state index contributed by atoms with van der Waals surface area (Å²) in [5.41, 5.74) is 0.963. The summed E-state index contributed by atoms with van der Waals surface area (Å²) in [5.74, 6) is 1.52. The van der Waals surface area contributed by atoms with E-state index in [1.807, 2.05) is 25.9 Å². The number of methoxy groups -OCH3 is 1. The highest BCUT2D eigenvalue weighted by Crippen LogP contribution is 2.21. The Labute approximate surface area is 72.2 Å². The summed E-state index contributed by atoms with van der Waals surface area (Å²) in [6, 6.07) is 0. The van der Waals surface area contributed by atoms with Crippen LogP contribution in [0, 0.1) is 6.92 Å². The molecule has 0 saturated heterocycles. The molecule has 1 heterocycles. The van der Waals surface area contributed by atoms with Crippen LogP contribution in [0.25, 0.3) is 0 Å². The SMILES string of the molecule is COc1ncnc(N(C)C)c1C. The van der Waals surface area contributed by atoms with Crippen LogP contribution in [0.4, 0.5) is 5.82 Å². The van der Waals surface area contributed by atoms with Crippen LogP contribution in [-0.2, 0) is 0 Å². The van der Waals surface area contributed by atoms with Gasteiger partial charge < -0.3 is 9.64 Å². The highest BCUT2D eigenvalue weighted by atomic mass is 16.5. The van der Waals surface area contributed by atoms with Crippen molar-refractivity contribution < 1.29 is 4.74 Å². The van der Waals surface area contributed by atoms with Crippen molar-refractivity contribution in [1.29, 1.82) is 0 Å². The van der Waals surface area contributed by atoms with Gasteiger partial charge in [0.15, 0.2) is 0 Å². The first-order chi connectivity index (χ1) is 5.66. The predicted octanol–water partition coefficient (Wildman–Crippen LogP) is 0.860. The molecule has 0 fully saturated rings. The summed E-state index contributed by atoms with van der Waals surface area (Å²) < 4.78 is 5.06. The second-order valence-electron chi connectivity index (χ2n) is 2.73. The third-order valence-corrected chi connectivity index (χ3v) is 1.63. The minimum Gasteiger partial charge on any atom is -0.481 e. The highest BCUT2D eigenvalue weighted by molar-refractivity contribution is 5.48. The van der Waals surface area contributed by atoms with E-state index in [0.29, 0.717) is 5.88 Å². The van der Waals surface area contributed by atoms with Crippen LogP contribution in [0.3, 0.4) is 0 Å². The minimum absolute atomic E-state index is 0.633. The van der Waals surface area contributed by atoms with E-state index in [-0.39, 0.29) is 0 Å². The van der Waals surface area contributed by atoms with Crippen molar-refractivity contribution in [2.24, 2.45) is 0 Å². The summed E-state index contributed by atoms with van der Waals surface area (Å²) in [5, 5.41) is 0. The maximum atomic E-state index is 5.06. The van der Waals surface area contributed by atoms with Crippen molar-refractivity contribution in [3.8, 4) is 5.88 Å². The van der Waals surface area contributed by atoms with Gasteiger partial charge in [-0.2, -0.15) is 0 Å². The summed E-state index contributed by atoms with van der Waals surface area (Å²) in [4.78, 5) is 10.0. The number of nitrogens with zero attached hydrogens (tertiary/aromatic N) is 3. The lowest BCUT2D eigenvalue weighted by Gasteiger charge is -2.14. The lowest BCUT2D eigenvalue weighted by Crippen LogP contribution is -2.13. The van der Waals surface area contributed by atoms with Crippen molar-refractivity contribution in [3.63, 3.8) is 0 Å². The van der Waals surface area contributed by atoms with Gasteiger partial charge in [-0.25, -0.2) is 9.97 Å². The van der Waals surface area contributed by atoms with Crippen LogP contribution in [0.1, 0.15) is 5.56 Å². The molecule has 0 amide bonds. The fourth-order valence-corrected chi connectivity index (χ4v) is 1.08. The van der Waals surface area contributed by atoms with Gasteiger partial charge in [-0.3, -0.25) is 0 Å². The number of hydrogen-bond acceptors (Lipinski definition) is 4. The third kappa shape index (κ3) is 1.47. The Morgan fingerprint density at radius 3 is 2.50 bits per heavy atom. The molecule has 66 valence electrons. The van der Waals surface area contributed by atoms with Crippen molar-refractivity contribution in [2.45, 2.75) is 6.92 Å². The molecule has 4 nitrogen and oxygen atoms in total. The van der Waals surface area contributed by atoms with Crippen molar-refractivity contribution in [3.05, 3.63) is 11.9 Å². The van der Waals surface area contributed by atoms with Crippen LogP contribution < -0.4 is 9.64 Å². The standard InChI is InChI=1S/C8H13N3O/c1-6-7(11(2)3)9-5-10-8(6)12-4/h5H,1-4H3. The quantitative estimate of drug-likeness (QED) is 0.654. The Morgan fingerprint density at radius 1 is 1.33 bits per heavy atom. The number of aromatic nitrogens is 2. The largest absolute Gasteiger partial charge is 0.481 e. The average Bonchev–Trinajstić information content (AvgIpc) is 2.04. The molecule has 0 atom stereocenters. The molecule has 0 aliphatic heterocycles. The van der Waals surface area contributed by atoms with Gasteiger partial charge in [-0.15, -0.1) is 0 Å². The van der Waals surface area contributed by atoms with Crippen molar-refractivity contribution in [1.82, 2.24) is 9.97 Å². The molecule has 0 aliphatic rings. The van der Waals surface area contributed by atoms with Gasteiger partial charge in [-0.1, -0.05) is 0 Å². The minimum atomic E-state index is 0.633. The van der Waals surface area contributed by atoms with Gasteiger partial charge in [0, 0.05) is 14.1 Å². The zero-order valence-electron chi connectivity index (χ0n) is 7.83. The van der Waals surface area contributed by atoms with Crippen molar-refractivity contribution in [2.75, 3.05) is 26.1 Å². The zero-order valence-corrected chi connectivity index (χ0v) is 7.83. The number of rotatable bonds is 2. The van der Waals surface area contributed by atoms with E-state index in [2.05, 4.69) is 9.97 Å². The number of anilines is 1. The van der Waals surface area contributed by atoms with E-state index in [0.717, 1.165) is 11.4 Å². The summed E-state index contributed by atoms with van der Waals surface area (Å²) >= 11 is 0. The predicted molar refractivity (Wildman–Crippen MR) is 47.6 cm³/mol. The molecule has 12 heavy (non-hydrogen) atoms. The average molecular weight is 167 g/mol. The second-order valence-corrected chi connectivity index (χ2v) is 2.73. The monoisotopic (exact) mass is 167 g/mol. The second kappa shape index (κ2) is 3.38. The topological polar surface area (TPSA) is 38.3 Å². The summed E-state index contributed by atoms with van der Waals surface area (Å²) in [6.07, 6.45) is 1.50. The van der Waals surface area contributed by atoms with Gasteiger partial charge in [-0.05, 0) is 6.92 Å². The van der Waals surface area contributed by atoms with E-state index in [9.17, 15) is 0 Å². The van der Waals surface area contributed by atoms with Gasteiger partial charge >= 0.3 is 0 Å². The number of ether oxygens (including phenoxy) is 1. The molecular formula is C8H13N3O. The van der Waals surface area contributed by atoms with Gasteiger partial charge in [0.05, 0.1) is 12.7 Å². The Kier molecular flexibility index (Phi) is 2.47. The first-order valence-electron chi connectivity index (χ1n) is 3.69. The smallest absolute Gasteiger partial charge is 0.221 e. The van der Waals surface area contributed by atoms with Crippen LogP contribution >= 0.6 is 0 Å². The van der Waals surface area contributed by atoms with Crippen LogP contribution in [-0.4, -0.2) is 31.2 Å². The molecule has 1 aromatic heterocycles. The lowest BCUT2D eigenvalue weighted by molar-refractivity contribution is 0.393. The molecule has 1 aromatic rings. The summed E-state index contributed by atoms with van der Waals surface area (Å²) in [7, 11) is 5.48. The lowest BCUT2D eigenvalue weighted by atomic mass is 10.3. The molecule has 4 heteroatoms. The van der Waals surface area contributed by atoms with Crippen LogP contribution in [0.5, 0.6) is 5.88 Å². The summed E-state index contributed by atoms with van der Waals surface area (Å²) in [6.45, 7) is 1.94. The highest BCUT2D eigenvalue weighted by Gasteiger charge is 2.07. The first-order valence-corrected chi connectivity index (χ1v) is 3.69. The van der Waals surface area contributed by atoms with Crippen LogP contribution in [0.15, 0.2) is 6.33 Å². The Morgan fingerprint density at radius 2 is 2.00 bits per heavy atom. The normalized spacial score (nSPS) is 9.67. The third-order valence-electron chi connectivity index (χ3n) is 1.63. The van der Waals surface area contributed by atoms with Crippen molar-refractivity contribution >= 4 is 5.82 Å². The Bertz CT molecular complexity index is 273. The van der Waals surface area contributed by atoms with Gasteiger partial charge in [0.2, 0.25) is 5.88 Å². The first kappa shape index (κ1) is 8.77. The Balaban J connectivity index is 3.14. The van der Waals surface area contributed by atoms with E-state index < -0.39 is 0 Å². The fourth-order valence-electron chi connectivity index (χ4n) is 1.08. The Hall–Kier alpha value is -1.32. The zero-order chi connectivity index (χ0) is 9.14. The van der Waals surface area contributed by atoms with E-state index >= 15 is 0 Å². The maximum absolute atomic E-state index is 5.06. The van der Waals surface area contributed by atoms with E-state index in [1.165, 1.54) is 6.33 Å². The van der Waals surface area contributed by atoms with Gasteiger partial charge in [0.25, 0.3) is 0 Å². The molecule has 0 aliphatic carbocycles. The molecule has 0 unspecified atom stereocenters. The van der Waals surface area contributed by atoms with Crippen LogP contribution in [0.2, 0.25) is 0 Å². The maximum Gasteiger partial charge on any atom is 0.221 e. The molecular weight excluding hydrogens is 154 g/mol. The molecule has 0 aromatic carbocycles. The number of hydrogen-bond donors (Lipinski definition) is 0. The van der Waals surface area contributed by atoms with E-state index in [4.69, 9.17) is 4.74 Å². The molecule has 0 radical (unpaired) electrons.